The van der Waals surface area contributed by atoms with Crippen molar-refractivity contribution in [2.24, 2.45) is 0 Å². The van der Waals surface area contributed by atoms with Crippen LogP contribution in [0.15, 0.2) is 48.0 Å². The third-order valence-corrected chi connectivity index (χ3v) is 10.2. The zero-order chi connectivity index (χ0) is 26.9. The van der Waals surface area contributed by atoms with Gasteiger partial charge < -0.3 is 4.90 Å². The van der Waals surface area contributed by atoms with Crippen LogP contribution >= 0.6 is 11.3 Å². The van der Waals surface area contributed by atoms with Crippen molar-refractivity contribution in [2.75, 3.05) is 30.8 Å². The third kappa shape index (κ3) is 5.34. The fraction of sp³-hybridized carbons (Fsp3) is 0.429. The van der Waals surface area contributed by atoms with Crippen molar-refractivity contribution in [2.45, 2.75) is 51.9 Å². The number of piperidine rings is 1. The number of hydrogen-bond donors (Lipinski definition) is 0. The van der Waals surface area contributed by atoms with Crippen LogP contribution in [0.2, 0.25) is 0 Å². The highest BCUT2D eigenvalue weighted by molar-refractivity contribution is 7.89. The molecule has 0 aliphatic carbocycles. The SMILES string of the molecule is CCCCS(=O)(=O)N1CCC(c2ccc3nc(CC)c(N(C)c4nc(-c5ccc(F)cc5)cs4)n3c2)CC1. The molecule has 38 heavy (non-hydrogen) atoms. The first-order chi connectivity index (χ1) is 18.3. The molecule has 0 N–H and O–H groups in total. The van der Waals surface area contributed by atoms with E-state index in [1.807, 2.05) is 19.4 Å². The van der Waals surface area contributed by atoms with Crippen LogP contribution in [0.5, 0.6) is 0 Å². The molecule has 0 atom stereocenters. The van der Waals surface area contributed by atoms with Gasteiger partial charge in [-0.25, -0.2) is 27.1 Å². The van der Waals surface area contributed by atoms with E-state index < -0.39 is 10.0 Å². The fourth-order valence-electron chi connectivity index (χ4n) is 5.12. The molecule has 202 valence electrons. The maximum Gasteiger partial charge on any atom is 0.214 e. The highest BCUT2D eigenvalue weighted by Crippen LogP contribution is 2.35. The van der Waals surface area contributed by atoms with Crippen LogP contribution < -0.4 is 4.90 Å². The Morgan fingerprint density at radius 2 is 1.82 bits per heavy atom. The lowest BCUT2D eigenvalue weighted by molar-refractivity contribution is 0.319. The molecule has 0 spiro atoms. The molecule has 3 aromatic heterocycles. The van der Waals surface area contributed by atoms with Crippen molar-refractivity contribution < 1.29 is 12.8 Å². The van der Waals surface area contributed by atoms with Crippen LogP contribution in [0.1, 0.15) is 56.7 Å². The summed E-state index contributed by atoms with van der Waals surface area (Å²) in [5.41, 5.74) is 4.75. The summed E-state index contributed by atoms with van der Waals surface area (Å²) in [5.74, 6) is 1.25. The van der Waals surface area contributed by atoms with Crippen molar-refractivity contribution in [1.82, 2.24) is 18.7 Å². The number of fused-ring (bicyclic) bond motifs is 1. The molecule has 1 fully saturated rings. The van der Waals surface area contributed by atoms with Crippen molar-refractivity contribution >= 4 is 38.0 Å². The normalized spacial score (nSPS) is 15.4. The quantitative estimate of drug-likeness (QED) is 0.245. The van der Waals surface area contributed by atoms with Crippen molar-refractivity contribution in [3.8, 4) is 11.3 Å². The van der Waals surface area contributed by atoms with E-state index in [2.05, 4.69) is 34.6 Å². The van der Waals surface area contributed by atoms with Crippen LogP contribution in [-0.2, 0) is 16.4 Å². The standard InChI is InChI=1S/C28H34FN5O2S2/c1-4-6-17-38(35,36)33-15-13-20(14-16-33)22-9-12-26-30-24(5-2)27(34(26)18-22)32(3)28-31-25(19-37-28)21-7-10-23(29)11-8-21/h7-12,18-20H,4-6,13-17H2,1-3H3. The van der Waals surface area contributed by atoms with Gasteiger partial charge >= 0.3 is 0 Å². The molecular formula is C28H34FN5O2S2. The number of thiazole rings is 1. The zero-order valence-electron chi connectivity index (χ0n) is 22.1. The number of aromatic nitrogens is 3. The molecule has 1 aromatic carbocycles. The predicted molar refractivity (Wildman–Crippen MR) is 152 cm³/mol. The van der Waals surface area contributed by atoms with Crippen LogP contribution in [0.25, 0.3) is 16.9 Å². The Morgan fingerprint density at radius 1 is 1.08 bits per heavy atom. The molecule has 10 heteroatoms. The van der Waals surface area contributed by atoms with E-state index in [1.54, 1.807) is 27.8 Å². The van der Waals surface area contributed by atoms with Crippen LogP contribution in [0, 0.1) is 5.82 Å². The lowest BCUT2D eigenvalue weighted by Crippen LogP contribution is -2.39. The summed E-state index contributed by atoms with van der Waals surface area (Å²) in [4.78, 5) is 11.8. The average Bonchev–Trinajstić information content (AvgIpc) is 3.57. The lowest BCUT2D eigenvalue weighted by Gasteiger charge is -2.31. The smallest absolute Gasteiger partial charge is 0.214 e. The largest absolute Gasteiger partial charge is 0.305 e. The molecular weight excluding hydrogens is 521 g/mol. The molecule has 0 bridgehead atoms. The van der Waals surface area contributed by atoms with Gasteiger partial charge in [-0.3, -0.25) is 4.40 Å². The van der Waals surface area contributed by atoms with E-state index in [0.717, 1.165) is 59.2 Å². The number of unbranched alkanes of at least 4 members (excludes halogenated alkanes) is 1. The summed E-state index contributed by atoms with van der Waals surface area (Å²) in [6, 6.07) is 10.6. The third-order valence-electron chi connectivity index (χ3n) is 7.33. The van der Waals surface area contributed by atoms with Crippen LogP contribution in [-0.4, -0.2) is 53.0 Å². The summed E-state index contributed by atoms with van der Waals surface area (Å²) in [5, 5.41) is 2.82. The van der Waals surface area contributed by atoms with Gasteiger partial charge in [0.1, 0.15) is 17.3 Å². The van der Waals surface area contributed by atoms with E-state index >= 15 is 0 Å². The van der Waals surface area contributed by atoms with Gasteiger partial charge in [0.05, 0.1) is 17.1 Å². The van der Waals surface area contributed by atoms with E-state index in [4.69, 9.17) is 9.97 Å². The Morgan fingerprint density at radius 3 is 2.50 bits per heavy atom. The Hall–Kier alpha value is -2.82. The molecule has 7 nitrogen and oxygen atoms in total. The number of aryl methyl sites for hydroxylation is 1. The molecule has 0 unspecified atom stereocenters. The van der Waals surface area contributed by atoms with Gasteiger partial charge in [-0.1, -0.05) is 26.3 Å². The Labute approximate surface area is 228 Å². The summed E-state index contributed by atoms with van der Waals surface area (Å²) >= 11 is 1.54. The maximum absolute atomic E-state index is 13.4. The van der Waals surface area contributed by atoms with Gasteiger partial charge in [0.15, 0.2) is 5.13 Å². The number of pyridine rings is 1. The van der Waals surface area contributed by atoms with E-state index in [9.17, 15) is 12.8 Å². The second kappa shape index (κ2) is 11.1. The number of sulfonamides is 1. The number of anilines is 2. The van der Waals surface area contributed by atoms with Crippen molar-refractivity contribution in [3.63, 3.8) is 0 Å². The molecule has 1 aliphatic rings. The molecule has 4 aromatic rings. The summed E-state index contributed by atoms with van der Waals surface area (Å²) in [6.07, 6.45) is 6.15. The number of rotatable bonds is 9. The number of nitrogens with zero attached hydrogens (tertiary/aromatic N) is 5. The van der Waals surface area contributed by atoms with Crippen molar-refractivity contribution in [1.29, 1.82) is 0 Å². The monoisotopic (exact) mass is 555 g/mol. The second-order valence-electron chi connectivity index (χ2n) is 9.85. The number of imidazole rings is 1. The molecule has 5 rings (SSSR count). The molecule has 0 amide bonds. The highest BCUT2D eigenvalue weighted by Gasteiger charge is 2.29. The van der Waals surface area contributed by atoms with Gasteiger partial charge in [-0.2, -0.15) is 0 Å². The molecule has 1 saturated heterocycles. The van der Waals surface area contributed by atoms with Gasteiger partial charge in [-0.05, 0) is 67.5 Å². The molecule has 4 heterocycles. The maximum atomic E-state index is 13.4. The molecule has 0 radical (unpaired) electrons. The number of hydrogen-bond acceptors (Lipinski definition) is 6. The Balaban J connectivity index is 1.40. The van der Waals surface area contributed by atoms with Gasteiger partial charge in [-0.15, -0.1) is 11.3 Å². The minimum atomic E-state index is -3.17. The van der Waals surface area contributed by atoms with Gasteiger partial charge in [0, 0.05) is 37.3 Å². The first kappa shape index (κ1) is 26.8. The first-order valence-corrected chi connectivity index (χ1v) is 15.7. The molecule has 1 aliphatic heterocycles. The summed E-state index contributed by atoms with van der Waals surface area (Å²) < 4.78 is 42.5. The summed E-state index contributed by atoms with van der Waals surface area (Å²) in [7, 11) is -1.17. The number of benzene rings is 1. The minimum absolute atomic E-state index is 0.240. The van der Waals surface area contributed by atoms with Crippen molar-refractivity contribution in [3.05, 3.63) is 65.0 Å². The summed E-state index contributed by atoms with van der Waals surface area (Å²) in [6.45, 7) is 5.25. The second-order valence-corrected chi connectivity index (χ2v) is 12.8. The van der Waals surface area contributed by atoms with E-state index in [-0.39, 0.29) is 11.6 Å². The average molecular weight is 556 g/mol. The predicted octanol–water partition coefficient (Wildman–Crippen LogP) is 6.24. The Kier molecular flexibility index (Phi) is 7.83. The topological polar surface area (TPSA) is 70.8 Å². The highest BCUT2D eigenvalue weighted by atomic mass is 32.2. The van der Waals surface area contributed by atoms with Gasteiger partial charge in [0.25, 0.3) is 0 Å². The lowest BCUT2D eigenvalue weighted by atomic mass is 9.91. The Bertz CT molecular complexity index is 1510. The van der Waals surface area contributed by atoms with Crippen LogP contribution in [0.4, 0.5) is 15.3 Å². The van der Waals surface area contributed by atoms with Gasteiger partial charge in [0.2, 0.25) is 10.0 Å². The zero-order valence-corrected chi connectivity index (χ0v) is 23.7. The molecule has 0 saturated carbocycles. The fourth-order valence-corrected chi connectivity index (χ4v) is 7.60. The van der Waals surface area contributed by atoms with E-state index in [0.29, 0.717) is 25.4 Å². The van der Waals surface area contributed by atoms with Crippen LogP contribution in [0.3, 0.4) is 0 Å². The van der Waals surface area contributed by atoms with E-state index in [1.165, 1.54) is 17.7 Å². The minimum Gasteiger partial charge on any atom is -0.305 e. The number of halogens is 1. The first-order valence-electron chi connectivity index (χ1n) is 13.2.